The van der Waals surface area contributed by atoms with Crippen LogP contribution in [0.2, 0.25) is 5.02 Å². The molecule has 156 valence electrons. The Kier molecular flexibility index (Phi) is 6.11. The largest absolute Gasteiger partial charge is 0.476 e. The summed E-state index contributed by atoms with van der Waals surface area (Å²) in [6.07, 6.45) is 0. The lowest BCUT2D eigenvalue weighted by Crippen LogP contribution is -2.22. The summed E-state index contributed by atoms with van der Waals surface area (Å²) in [6, 6.07) is 19.3. The van der Waals surface area contributed by atoms with Crippen LogP contribution in [0, 0.1) is 6.92 Å². The van der Waals surface area contributed by atoms with Crippen LogP contribution >= 0.6 is 27.5 Å². The highest BCUT2D eigenvalue weighted by Gasteiger charge is 2.19. The van der Waals surface area contributed by atoms with E-state index in [9.17, 15) is 9.59 Å². The minimum Gasteiger partial charge on any atom is -0.476 e. The summed E-state index contributed by atoms with van der Waals surface area (Å²) in [5, 5.41) is 3.67. The van der Waals surface area contributed by atoms with Gasteiger partial charge >= 0.3 is 0 Å². The van der Waals surface area contributed by atoms with Crippen molar-refractivity contribution in [2.24, 2.45) is 0 Å². The number of nitrogens with one attached hydrogen (secondary N) is 1. The summed E-state index contributed by atoms with van der Waals surface area (Å²) in [6.45, 7) is 1.57. The number of amides is 1. The number of hydrogen-bond acceptors (Lipinski definition) is 4. The first-order valence-electron chi connectivity index (χ1n) is 9.42. The van der Waals surface area contributed by atoms with Gasteiger partial charge in [-0.15, -0.1) is 0 Å². The molecule has 1 heterocycles. The molecule has 31 heavy (non-hydrogen) atoms. The van der Waals surface area contributed by atoms with Crippen molar-refractivity contribution in [1.82, 2.24) is 0 Å². The molecule has 0 saturated carbocycles. The number of carbonyl (C=O) groups excluding carboxylic acids is 1. The van der Waals surface area contributed by atoms with Crippen LogP contribution in [0.3, 0.4) is 0 Å². The van der Waals surface area contributed by atoms with Crippen LogP contribution in [-0.2, 0) is 4.79 Å². The van der Waals surface area contributed by atoms with Gasteiger partial charge in [-0.05, 0) is 73.2 Å². The summed E-state index contributed by atoms with van der Waals surface area (Å²) in [4.78, 5) is 25.5. The Balaban J connectivity index is 1.68. The van der Waals surface area contributed by atoms with Crippen molar-refractivity contribution in [2.75, 3.05) is 11.9 Å². The number of benzene rings is 3. The van der Waals surface area contributed by atoms with E-state index in [1.165, 1.54) is 0 Å². The Bertz CT molecular complexity index is 1310. The van der Waals surface area contributed by atoms with Crippen molar-refractivity contribution >= 4 is 50.1 Å². The third-order valence-electron chi connectivity index (χ3n) is 4.59. The van der Waals surface area contributed by atoms with Crippen molar-refractivity contribution in [3.8, 4) is 17.1 Å². The zero-order valence-electron chi connectivity index (χ0n) is 16.4. The number of rotatable bonds is 5. The van der Waals surface area contributed by atoms with Gasteiger partial charge in [0.25, 0.3) is 5.91 Å². The standard InChI is InChI=1S/C24H17BrClNO4/c1-14-2-11-19-20(12-14)31-23(15-3-7-17(26)8-4-15)24(22(19)29)30-13-21(28)27-18-9-5-16(25)6-10-18/h2-12H,13H2,1H3,(H,27,28). The van der Waals surface area contributed by atoms with Gasteiger partial charge in [-0.2, -0.15) is 0 Å². The second-order valence-corrected chi connectivity index (χ2v) is 8.29. The molecule has 1 aromatic heterocycles. The molecule has 0 aliphatic rings. The molecule has 0 atom stereocenters. The molecular formula is C24H17BrClNO4. The van der Waals surface area contributed by atoms with E-state index in [0.717, 1.165) is 10.0 Å². The topological polar surface area (TPSA) is 68.5 Å². The van der Waals surface area contributed by atoms with E-state index in [0.29, 0.717) is 27.2 Å². The van der Waals surface area contributed by atoms with Crippen LogP contribution in [0.15, 0.2) is 80.4 Å². The Morgan fingerprint density at radius 1 is 1.06 bits per heavy atom. The molecular weight excluding hydrogens is 482 g/mol. The van der Waals surface area contributed by atoms with Crippen LogP contribution in [-0.4, -0.2) is 12.5 Å². The van der Waals surface area contributed by atoms with Gasteiger partial charge < -0.3 is 14.5 Å². The van der Waals surface area contributed by atoms with E-state index >= 15 is 0 Å². The molecule has 1 N–H and O–H groups in total. The first-order chi connectivity index (χ1) is 14.9. The average Bonchev–Trinajstić information content (AvgIpc) is 2.75. The predicted octanol–water partition coefficient (Wildman–Crippen LogP) is 6.20. The number of anilines is 1. The summed E-state index contributed by atoms with van der Waals surface area (Å²) in [5.74, 6) is -0.173. The van der Waals surface area contributed by atoms with E-state index in [4.69, 9.17) is 20.8 Å². The number of carbonyl (C=O) groups is 1. The molecule has 0 radical (unpaired) electrons. The third-order valence-corrected chi connectivity index (χ3v) is 5.37. The molecule has 7 heteroatoms. The first-order valence-corrected chi connectivity index (χ1v) is 10.6. The summed E-state index contributed by atoms with van der Waals surface area (Å²) in [5.41, 5.74) is 2.30. The lowest BCUT2D eigenvalue weighted by Gasteiger charge is -2.12. The maximum atomic E-state index is 13.2. The molecule has 0 aliphatic heterocycles. The average molecular weight is 499 g/mol. The fourth-order valence-corrected chi connectivity index (χ4v) is 3.46. The Hall–Kier alpha value is -3.09. The van der Waals surface area contributed by atoms with Crippen LogP contribution in [0.5, 0.6) is 5.75 Å². The maximum Gasteiger partial charge on any atom is 0.262 e. The number of ether oxygens (including phenoxy) is 1. The van der Waals surface area contributed by atoms with Gasteiger partial charge in [-0.3, -0.25) is 9.59 Å². The van der Waals surface area contributed by atoms with Crippen molar-refractivity contribution in [2.45, 2.75) is 6.92 Å². The summed E-state index contributed by atoms with van der Waals surface area (Å²) < 4.78 is 12.6. The summed E-state index contributed by atoms with van der Waals surface area (Å²) in [7, 11) is 0. The highest BCUT2D eigenvalue weighted by atomic mass is 79.9. The molecule has 5 nitrogen and oxygen atoms in total. The van der Waals surface area contributed by atoms with Crippen molar-refractivity contribution in [3.05, 3.63) is 92.0 Å². The number of aryl methyl sites for hydroxylation is 1. The van der Waals surface area contributed by atoms with Crippen molar-refractivity contribution in [3.63, 3.8) is 0 Å². The molecule has 3 aromatic carbocycles. The molecule has 0 spiro atoms. The monoisotopic (exact) mass is 497 g/mol. The fourth-order valence-electron chi connectivity index (χ4n) is 3.07. The number of fused-ring (bicyclic) bond motifs is 1. The number of halogens is 2. The van der Waals surface area contributed by atoms with Crippen LogP contribution in [0.4, 0.5) is 5.69 Å². The molecule has 0 saturated heterocycles. The molecule has 1 amide bonds. The second kappa shape index (κ2) is 8.96. The quantitative estimate of drug-likeness (QED) is 0.356. The number of hydrogen-bond donors (Lipinski definition) is 1. The second-order valence-electron chi connectivity index (χ2n) is 6.94. The van der Waals surface area contributed by atoms with E-state index in [1.807, 2.05) is 25.1 Å². The lowest BCUT2D eigenvalue weighted by molar-refractivity contribution is -0.118. The lowest BCUT2D eigenvalue weighted by atomic mass is 10.1. The zero-order valence-corrected chi connectivity index (χ0v) is 18.8. The molecule has 4 aromatic rings. The molecule has 0 bridgehead atoms. The van der Waals surface area contributed by atoms with Gasteiger partial charge in [0.15, 0.2) is 12.4 Å². The SMILES string of the molecule is Cc1ccc2c(=O)c(OCC(=O)Nc3ccc(Br)cc3)c(-c3ccc(Cl)cc3)oc2c1. The van der Waals surface area contributed by atoms with Crippen LogP contribution < -0.4 is 15.5 Å². The van der Waals surface area contributed by atoms with E-state index in [1.54, 1.807) is 48.5 Å². The van der Waals surface area contributed by atoms with E-state index in [2.05, 4.69) is 21.2 Å². The van der Waals surface area contributed by atoms with Crippen molar-refractivity contribution in [1.29, 1.82) is 0 Å². The Morgan fingerprint density at radius 3 is 2.48 bits per heavy atom. The van der Waals surface area contributed by atoms with Gasteiger partial charge in [-0.25, -0.2) is 0 Å². The highest BCUT2D eigenvalue weighted by molar-refractivity contribution is 9.10. The zero-order chi connectivity index (χ0) is 22.0. The smallest absolute Gasteiger partial charge is 0.262 e. The Labute approximate surface area is 191 Å². The first kappa shape index (κ1) is 21.2. The van der Waals surface area contributed by atoms with Crippen LogP contribution in [0.25, 0.3) is 22.3 Å². The molecule has 0 fully saturated rings. The van der Waals surface area contributed by atoms with Gasteiger partial charge in [0.05, 0.1) is 5.39 Å². The van der Waals surface area contributed by atoms with Crippen LogP contribution in [0.1, 0.15) is 5.56 Å². The minimum atomic E-state index is -0.396. The van der Waals surface area contributed by atoms with Gasteiger partial charge in [-0.1, -0.05) is 33.6 Å². The van der Waals surface area contributed by atoms with Gasteiger partial charge in [0.2, 0.25) is 11.2 Å². The van der Waals surface area contributed by atoms with E-state index < -0.39 is 5.91 Å². The van der Waals surface area contributed by atoms with Crippen molar-refractivity contribution < 1.29 is 13.9 Å². The summed E-state index contributed by atoms with van der Waals surface area (Å²) >= 11 is 9.34. The molecule has 0 unspecified atom stereocenters. The van der Waals surface area contributed by atoms with Gasteiger partial charge in [0.1, 0.15) is 5.58 Å². The third kappa shape index (κ3) is 4.81. The normalized spacial score (nSPS) is 10.8. The molecule has 0 aliphatic carbocycles. The minimum absolute atomic E-state index is 0.0235. The Morgan fingerprint density at radius 2 is 1.77 bits per heavy atom. The highest BCUT2D eigenvalue weighted by Crippen LogP contribution is 2.32. The van der Waals surface area contributed by atoms with E-state index in [-0.39, 0.29) is 23.5 Å². The molecule has 4 rings (SSSR count). The fraction of sp³-hybridized carbons (Fsp3) is 0.0833. The maximum absolute atomic E-state index is 13.2. The predicted molar refractivity (Wildman–Crippen MR) is 126 cm³/mol. The van der Waals surface area contributed by atoms with Gasteiger partial charge in [0, 0.05) is 20.7 Å².